The quantitative estimate of drug-likeness (QED) is 0.125. The number of aliphatic carboxylic acids is 2. The molecule has 0 aliphatic carbocycles. The van der Waals surface area contributed by atoms with E-state index in [1.54, 1.807) is 38.5 Å². The summed E-state index contributed by atoms with van der Waals surface area (Å²) in [6.45, 7) is 4.73. The van der Waals surface area contributed by atoms with Crippen LogP contribution >= 0.6 is 23.5 Å². The fourth-order valence-corrected chi connectivity index (χ4v) is 7.82. The van der Waals surface area contributed by atoms with Crippen LogP contribution in [0.2, 0.25) is 0 Å². The molecule has 12 nitrogen and oxygen atoms in total. The van der Waals surface area contributed by atoms with Gasteiger partial charge in [-0.3, -0.25) is 9.80 Å². The lowest BCUT2D eigenvalue weighted by atomic mass is 10.1. The second-order valence-electron chi connectivity index (χ2n) is 12.0. The van der Waals surface area contributed by atoms with Crippen molar-refractivity contribution in [1.29, 1.82) is 0 Å². The summed E-state index contributed by atoms with van der Waals surface area (Å²) in [6.07, 6.45) is 1.12. The molecule has 4 aromatic rings. The molecule has 0 atom stereocenters. The highest BCUT2D eigenvalue weighted by molar-refractivity contribution is 7.99. The molecule has 0 fully saturated rings. The third-order valence-electron chi connectivity index (χ3n) is 8.31. The fourth-order valence-electron chi connectivity index (χ4n) is 5.73. The minimum atomic E-state index is -1.26. The molecule has 4 aromatic carbocycles. The van der Waals surface area contributed by atoms with E-state index in [2.05, 4.69) is 34.1 Å². The number of aromatic carboxylic acids is 2. The van der Waals surface area contributed by atoms with E-state index in [-0.39, 0.29) is 0 Å². The van der Waals surface area contributed by atoms with Crippen molar-refractivity contribution in [3.63, 3.8) is 0 Å². The van der Waals surface area contributed by atoms with Crippen LogP contribution < -0.4 is 9.47 Å². The van der Waals surface area contributed by atoms with Crippen LogP contribution in [0.3, 0.4) is 0 Å². The minimum Gasteiger partial charge on any atom is -0.497 e. The molecular formula is C40H42N2O10S2. The standard InChI is InChI=1S/2C18H19NO3S.C4H4O4/c2*1-22-15-6-7-17-14(10-15)12-19(8-9-23-17)11-13-4-2-3-5-16(13)18(20)21;5-3(6)1-2-4(7)8/h2*2-7,10H,8-9,11-12H2,1H3,(H,20,21);1-2H,(H,5,6)(H,7,8)/b;;2-1+. The Morgan fingerprint density at radius 2 is 1.00 bits per heavy atom. The second kappa shape index (κ2) is 20.8. The zero-order valence-electron chi connectivity index (χ0n) is 29.8. The SMILES string of the molecule is COc1ccc2c(c1)CN(Cc1ccccc1C(=O)O)CCS2.COc1ccc2c(c1)CN(Cc1ccccc1C(=O)O)CCS2.O=C(O)/C=C/C(=O)O. The molecule has 4 N–H and O–H groups in total. The lowest BCUT2D eigenvalue weighted by Gasteiger charge is -2.21. The summed E-state index contributed by atoms with van der Waals surface area (Å²) in [7, 11) is 3.35. The van der Waals surface area contributed by atoms with E-state index in [0.29, 0.717) is 36.4 Å². The van der Waals surface area contributed by atoms with E-state index < -0.39 is 23.9 Å². The van der Waals surface area contributed by atoms with Gasteiger partial charge in [0.25, 0.3) is 0 Å². The Kier molecular flexibility index (Phi) is 16.0. The van der Waals surface area contributed by atoms with Crippen LogP contribution in [-0.2, 0) is 35.8 Å². The summed E-state index contributed by atoms with van der Waals surface area (Å²) < 4.78 is 10.6. The first kappa shape index (κ1) is 41.5. The van der Waals surface area contributed by atoms with E-state index in [9.17, 15) is 29.4 Å². The average Bonchev–Trinajstić information content (AvgIpc) is 3.49. The number of hydrogen-bond acceptors (Lipinski definition) is 10. The Hall–Kier alpha value is -5.28. The van der Waals surface area contributed by atoms with Crippen LogP contribution in [0.1, 0.15) is 43.0 Å². The number of rotatable bonds is 10. The van der Waals surface area contributed by atoms with E-state index in [1.165, 1.54) is 20.9 Å². The maximum Gasteiger partial charge on any atom is 0.336 e. The van der Waals surface area contributed by atoms with Crippen molar-refractivity contribution in [3.05, 3.63) is 130 Å². The van der Waals surface area contributed by atoms with Crippen molar-refractivity contribution in [3.8, 4) is 11.5 Å². The first-order valence-corrected chi connectivity index (χ1v) is 18.7. The van der Waals surface area contributed by atoms with Gasteiger partial charge in [0.05, 0.1) is 25.3 Å². The number of nitrogens with zero attached hydrogens (tertiary/aromatic N) is 2. The van der Waals surface area contributed by atoms with E-state index in [4.69, 9.17) is 19.7 Å². The van der Waals surface area contributed by atoms with E-state index >= 15 is 0 Å². The molecule has 0 aromatic heterocycles. The van der Waals surface area contributed by atoms with E-state index in [1.807, 2.05) is 59.9 Å². The number of carboxylic acids is 4. The maximum atomic E-state index is 11.4. The van der Waals surface area contributed by atoms with Gasteiger partial charge in [-0.25, -0.2) is 19.2 Å². The minimum absolute atomic E-state index is 0.385. The predicted octanol–water partition coefficient (Wildman–Crippen LogP) is 6.71. The molecule has 284 valence electrons. The predicted molar refractivity (Wildman–Crippen MR) is 207 cm³/mol. The fraction of sp³-hybridized carbons (Fsp3) is 0.250. The van der Waals surface area contributed by atoms with Gasteiger partial charge in [-0.15, -0.1) is 23.5 Å². The van der Waals surface area contributed by atoms with Gasteiger partial charge in [0.15, 0.2) is 0 Å². The number of methoxy groups -OCH3 is 2. The van der Waals surface area contributed by atoms with Crippen LogP contribution in [0.4, 0.5) is 0 Å². The Balaban J connectivity index is 0.000000201. The molecule has 0 saturated carbocycles. The molecule has 2 heterocycles. The Bertz CT molecular complexity index is 1830. The highest BCUT2D eigenvalue weighted by Gasteiger charge is 2.20. The molecule has 0 unspecified atom stereocenters. The number of benzene rings is 4. The summed E-state index contributed by atoms with van der Waals surface area (Å²) in [6, 6.07) is 26.8. The lowest BCUT2D eigenvalue weighted by molar-refractivity contribution is -0.134. The summed E-state index contributed by atoms with van der Waals surface area (Å²) in [5.74, 6) is -0.545. The summed E-state index contributed by atoms with van der Waals surface area (Å²) >= 11 is 3.68. The molecule has 2 aliphatic heterocycles. The Morgan fingerprint density at radius 1 is 0.611 bits per heavy atom. The second-order valence-corrected chi connectivity index (χ2v) is 14.3. The average molecular weight is 775 g/mol. The van der Waals surface area contributed by atoms with Crippen molar-refractivity contribution in [1.82, 2.24) is 9.80 Å². The molecule has 14 heteroatoms. The molecule has 0 radical (unpaired) electrons. The van der Waals surface area contributed by atoms with Crippen molar-refractivity contribution >= 4 is 47.4 Å². The number of fused-ring (bicyclic) bond motifs is 2. The number of ether oxygens (including phenoxy) is 2. The van der Waals surface area contributed by atoms with Crippen molar-refractivity contribution in [2.75, 3.05) is 38.8 Å². The van der Waals surface area contributed by atoms with Gasteiger partial charge in [0.1, 0.15) is 11.5 Å². The summed E-state index contributed by atoms with van der Waals surface area (Å²) in [5.41, 5.74) is 4.96. The van der Waals surface area contributed by atoms with E-state index in [0.717, 1.165) is 60.3 Å². The number of carboxylic acid groups (broad SMARTS) is 4. The molecule has 2 aliphatic rings. The van der Waals surface area contributed by atoms with Crippen LogP contribution in [0.15, 0.2) is 107 Å². The van der Waals surface area contributed by atoms with Crippen LogP contribution in [0.5, 0.6) is 11.5 Å². The van der Waals surface area contributed by atoms with Crippen molar-refractivity contribution < 1.29 is 49.1 Å². The smallest absolute Gasteiger partial charge is 0.336 e. The Labute approximate surface area is 322 Å². The molecule has 0 bridgehead atoms. The van der Waals surface area contributed by atoms with Crippen LogP contribution in [0, 0.1) is 0 Å². The normalized spacial score (nSPS) is 14.0. The van der Waals surface area contributed by atoms with Gasteiger partial charge in [0, 0.05) is 72.7 Å². The maximum absolute atomic E-state index is 11.4. The van der Waals surface area contributed by atoms with Crippen LogP contribution in [0.25, 0.3) is 0 Å². The molecule has 0 saturated heterocycles. The molecule has 0 spiro atoms. The van der Waals surface area contributed by atoms with Gasteiger partial charge < -0.3 is 29.9 Å². The Morgan fingerprint density at radius 3 is 1.35 bits per heavy atom. The largest absolute Gasteiger partial charge is 0.497 e. The van der Waals surface area contributed by atoms with Gasteiger partial charge in [-0.05, 0) is 70.8 Å². The monoisotopic (exact) mass is 774 g/mol. The van der Waals surface area contributed by atoms with Crippen molar-refractivity contribution in [2.45, 2.75) is 36.0 Å². The highest BCUT2D eigenvalue weighted by atomic mass is 32.2. The molecular weight excluding hydrogens is 733 g/mol. The van der Waals surface area contributed by atoms with Crippen LogP contribution in [-0.4, -0.2) is 92.9 Å². The van der Waals surface area contributed by atoms with Gasteiger partial charge in [-0.2, -0.15) is 0 Å². The summed E-state index contributed by atoms with van der Waals surface area (Å²) in [5, 5.41) is 34.3. The van der Waals surface area contributed by atoms with Gasteiger partial charge in [0.2, 0.25) is 0 Å². The zero-order chi connectivity index (χ0) is 39.0. The first-order chi connectivity index (χ1) is 26.0. The first-order valence-electron chi connectivity index (χ1n) is 16.8. The topological polar surface area (TPSA) is 174 Å². The number of thioether (sulfide) groups is 2. The summed E-state index contributed by atoms with van der Waals surface area (Å²) in [4.78, 5) is 49.0. The molecule has 6 rings (SSSR count). The third kappa shape index (κ3) is 12.7. The van der Waals surface area contributed by atoms with Gasteiger partial charge in [-0.1, -0.05) is 36.4 Å². The van der Waals surface area contributed by atoms with Crippen molar-refractivity contribution in [2.24, 2.45) is 0 Å². The zero-order valence-corrected chi connectivity index (χ0v) is 31.5. The number of hydrogen-bond donors (Lipinski definition) is 4. The highest BCUT2D eigenvalue weighted by Crippen LogP contribution is 2.32. The lowest BCUT2D eigenvalue weighted by Crippen LogP contribution is -2.25. The molecule has 0 amide bonds. The number of carbonyl (C=O) groups is 4. The van der Waals surface area contributed by atoms with Gasteiger partial charge >= 0.3 is 23.9 Å². The molecule has 54 heavy (non-hydrogen) atoms. The third-order valence-corrected chi connectivity index (χ3v) is 10.5.